The third-order valence-electron chi connectivity index (χ3n) is 5.87. The third-order valence-corrected chi connectivity index (χ3v) is 5.87. The van der Waals surface area contributed by atoms with Crippen LogP contribution in [0.15, 0.2) is 76.8 Å². The molecular weight excluding hydrogens is 416 g/mol. The van der Waals surface area contributed by atoms with E-state index >= 15 is 0 Å². The zero-order valence-electron chi connectivity index (χ0n) is 18.7. The number of aromatic nitrogens is 1. The predicted octanol–water partition coefficient (Wildman–Crippen LogP) is 2.85. The van der Waals surface area contributed by atoms with Crippen LogP contribution in [0.5, 0.6) is 0 Å². The molecule has 0 radical (unpaired) electrons. The maximum atomic E-state index is 13.1. The summed E-state index contributed by atoms with van der Waals surface area (Å²) in [6.07, 6.45) is 6.61. The highest BCUT2D eigenvalue weighted by Gasteiger charge is 2.17. The Morgan fingerprint density at radius 3 is 2.76 bits per heavy atom. The lowest BCUT2D eigenvalue weighted by Crippen LogP contribution is -2.38. The Kier molecular flexibility index (Phi) is 7.00. The zero-order valence-corrected chi connectivity index (χ0v) is 18.7. The molecule has 0 atom stereocenters. The van der Waals surface area contributed by atoms with E-state index in [1.54, 1.807) is 30.0 Å². The van der Waals surface area contributed by atoms with Crippen molar-refractivity contribution in [1.82, 2.24) is 9.88 Å². The van der Waals surface area contributed by atoms with Gasteiger partial charge in [-0.15, -0.1) is 0 Å². The van der Waals surface area contributed by atoms with Crippen molar-refractivity contribution in [2.75, 3.05) is 20.3 Å². The van der Waals surface area contributed by atoms with Gasteiger partial charge in [0.05, 0.1) is 12.3 Å². The van der Waals surface area contributed by atoms with E-state index in [-0.39, 0.29) is 17.5 Å². The molecule has 3 N–H and O–H groups in total. The SMILES string of the molecule is CN=C(/C=C\N)c1ccc2c(=O)n(Cc3cccc(C(=O)NC4CCOCC4)c3)ccc2c1. The summed E-state index contributed by atoms with van der Waals surface area (Å²) in [6, 6.07) is 15.1. The quantitative estimate of drug-likeness (QED) is 0.571. The largest absolute Gasteiger partial charge is 0.405 e. The van der Waals surface area contributed by atoms with Gasteiger partial charge in [0, 0.05) is 49.0 Å². The van der Waals surface area contributed by atoms with Crippen molar-refractivity contribution in [2.45, 2.75) is 25.4 Å². The van der Waals surface area contributed by atoms with E-state index in [1.807, 2.05) is 42.5 Å². The van der Waals surface area contributed by atoms with E-state index in [9.17, 15) is 9.59 Å². The number of carbonyl (C=O) groups excluding carboxylic acids is 1. The molecule has 0 bridgehead atoms. The molecule has 1 amide bonds. The summed E-state index contributed by atoms with van der Waals surface area (Å²) in [5, 5.41) is 4.54. The zero-order chi connectivity index (χ0) is 23.2. The number of carbonyl (C=O) groups is 1. The maximum absolute atomic E-state index is 13.1. The molecule has 7 heteroatoms. The smallest absolute Gasteiger partial charge is 0.258 e. The number of nitrogens with zero attached hydrogens (tertiary/aromatic N) is 2. The minimum Gasteiger partial charge on any atom is -0.405 e. The maximum Gasteiger partial charge on any atom is 0.258 e. The predicted molar refractivity (Wildman–Crippen MR) is 131 cm³/mol. The van der Waals surface area contributed by atoms with Crippen molar-refractivity contribution in [3.8, 4) is 0 Å². The highest BCUT2D eigenvalue weighted by Crippen LogP contribution is 2.15. The first-order valence-electron chi connectivity index (χ1n) is 11.0. The van der Waals surface area contributed by atoms with Crippen molar-refractivity contribution < 1.29 is 9.53 Å². The summed E-state index contributed by atoms with van der Waals surface area (Å²) < 4.78 is 7.01. The Bertz CT molecular complexity index is 1270. The number of aliphatic imine (C=N–C) groups is 1. The van der Waals surface area contributed by atoms with Crippen LogP contribution >= 0.6 is 0 Å². The van der Waals surface area contributed by atoms with Gasteiger partial charge in [-0.25, -0.2) is 0 Å². The molecule has 0 aliphatic carbocycles. The molecule has 1 saturated heterocycles. The Hall–Kier alpha value is -3.71. The fourth-order valence-corrected chi connectivity index (χ4v) is 4.08. The number of ether oxygens (including phenoxy) is 1. The van der Waals surface area contributed by atoms with E-state index in [4.69, 9.17) is 10.5 Å². The second kappa shape index (κ2) is 10.3. The number of hydrogen-bond acceptors (Lipinski definition) is 5. The summed E-state index contributed by atoms with van der Waals surface area (Å²) >= 11 is 0. The monoisotopic (exact) mass is 444 g/mol. The van der Waals surface area contributed by atoms with Crippen LogP contribution < -0.4 is 16.6 Å². The highest BCUT2D eigenvalue weighted by atomic mass is 16.5. The van der Waals surface area contributed by atoms with Crippen molar-refractivity contribution in [2.24, 2.45) is 10.7 Å². The second-order valence-corrected chi connectivity index (χ2v) is 8.08. The molecule has 2 aromatic carbocycles. The van der Waals surface area contributed by atoms with Crippen molar-refractivity contribution in [3.05, 3.63) is 94.0 Å². The molecule has 7 nitrogen and oxygen atoms in total. The summed E-state index contributed by atoms with van der Waals surface area (Å²) in [4.78, 5) is 30.0. The van der Waals surface area contributed by atoms with Gasteiger partial charge in [-0.1, -0.05) is 18.2 Å². The van der Waals surface area contributed by atoms with Crippen LogP contribution in [0.1, 0.15) is 34.3 Å². The van der Waals surface area contributed by atoms with Gasteiger partial charge in [-0.2, -0.15) is 0 Å². The van der Waals surface area contributed by atoms with Crippen LogP contribution in [-0.2, 0) is 11.3 Å². The van der Waals surface area contributed by atoms with E-state index in [0.29, 0.717) is 30.7 Å². The molecule has 3 aromatic rings. The minimum atomic E-state index is -0.0953. The fraction of sp³-hybridized carbons (Fsp3) is 0.269. The van der Waals surface area contributed by atoms with Gasteiger partial charge >= 0.3 is 0 Å². The number of fused-ring (bicyclic) bond motifs is 1. The topological polar surface area (TPSA) is 98.7 Å². The molecule has 170 valence electrons. The van der Waals surface area contributed by atoms with Gasteiger partial charge < -0.3 is 20.4 Å². The Labute approximate surface area is 192 Å². The Morgan fingerprint density at radius 1 is 1.18 bits per heavy atom. The van der Waals surface area contributed by atoms with E-state index < -0.39 is 0 Å². The number of amides is 1. The first-order valence-corrected chi connectivity index (χ1v) is 11.0. The van der Waals surface area contributed by atoms with Gasteiger partial charge in [-0.05, 0) is 66.4 Å². The number of allylic oxidation sites excluding steroid dienone is 1. The molecule has 2 heterocycles. The number of hydrogen-bond donors (Lipinski definition) is 2. The Morgan fingerprint density at radius 2 is 2.00 bits per heavy atom. The molecule has 4 rings (SSSR count). The van der Waals surface area contributed by atoms with Crippen molar-refractivity contribution in [3.63, 3.8) is 0 Å². The summed E-state index contributed by atoms with van der Waals surface area (Å²) in [5.41, 5.74) is 8.55. The molecule has 0 spiro atoms. The summed E-state index contributed by atoms with van der Waals surface area (Å²) in [5.74, 6) is -0.0953. The van der Waals surface area contributed by atoms with Crippen LogP contribution in [0.3, 0.4) is 0 Å². The molecule has 1 aromatic heterocycles. The lowest BCUT2D eigenvalue weighted by atomic mass is 10.0. The van der Waals surface area contributed by atoms with E-state index in [0.717, 1.165) is 35.1 Å². The Balaban J connectivity index is 1.55. The first-order chi connectivity index (χ1) is 16.1. The minimum absolute atomic E-state index is 0.0829. The molecule has 1 fully saturated rings. The van der Waals surface area contributed by atoms with Crippen LogP contribution in [0, 0.1) is 0 Å². The number of rotatable bonds is 6. The lowest BCUT2D eigenvalue weighted by Gasteiger charge is -2.23. The molecule has 1 aliphatic rings. The summed E-state index contributed by atoms with van der Waals surface area (Å²) in [6.45, 7) is 1.73. The van der Waals surface area contributed by atoms with Gasteiger partial charge in [0.1, 0.15) is 0 Å². The molecular formula is C26H28N4O3. The molecule has 0 unspecified atom stereocenters. The molecule has 1 aliphatic heterocycles. The van der Waals surface area contributed by atoms with Gasteiger partial charge in [0.25, 0.3) is 11.5 Å². The van der Waals surface area contributed by atoms with Crippen LogP contribution in [-0.4, -0.2) is 42.5 Å². The standard InChI is InChI=1S/C26H28N4O3/c1-28-24(7-11-27)20-5-6-23-19(16-20)8-12-30(26(23)32)17-18-3-2-4-21(15-18)25(31)29-22-9-13-33-14-10-22/h2-8,11-12,15-16,22H,9-10,13-14,17,27H2,1H3,(H,29,31)/b11-7-,28-24?. The normalized spacial score (nSPS) is 15.2. The molecule has 0 saturated carbocycles. The summed E-state index contributed by atoms with van der Waals surface area (Å²) in [7, 11) is 1.70. The average molecular weight is 445 g/mol. The van der Waals surface area contributed by atoms with Gasteiger partial charge in [0.15, 0.2) is 0 Å². The van der Waals surface area contributed by atoms with Crippen molar-refractivity contribution >= 4 is 22.4 Å². The third kappa shape index (κ3) is 5.21. The number of nitrogens with one attached hydrogen (secondary N) is 1. The molecule has 33 heavy (non-hydrogen) atoms. The van der Waals surface area contributed by atoms with Crippen LogP contribution in [0.25, 0.3) is 10.8 Å². The number of nitrogens with two attached hydrogens (primary N) is 1. The average Bonchev–Trinajstić information content (AvgIpc) is 2.85. The highest BCUT2D eigenvalue weighted by molar-refractivity contribution is 6.10. The van der Waals surface area contributed by atoms with E-state index in [1.165, 1.54) is 6.20 Å². The van der Waals surface area contributed by atoms with Crippen molar-refractivity contribution in [1.29, 1.82) is 0 Å². The van der Waals surface area contributed by atoms with Crippen LogP contribution in [0.4, 0.5) is 0 Å². The van der Waals surface area contributed by atoms with Crippen LogP contribution in [0.2, 0.25) is 0 Å². The fourth-order valence-electron chi connectivity index (χ4n) is 4.08. The second-order valence-electron chi connectivity index (χ2n) is 8.08. The van der Waals surface area contributed by atoms with E-state index in [2.05, 4.69) is 10.3 Å². The number of pyridine rings is 1. The van der Waals surface area contributed by atoms with Gasteiger partial charge in [-0.3, -0.25) is 14.6 Å². The van der Waals surface area contributed by atoms with Gasteiger partial charge in [0.2, 0.25) is 0 Å². The number of benzene rings is 2. The lowest BCUT2D eigenvalue weighted by molar-refractivity contribution is 0.0696. The first kappa shape index (κ1) is 22.5.